The largest absolute Gasteiger partial charge is 0.208 e. The van der Waals surface area contributed by atoms with Crippen LogP contribution in [0.2, 0.25) is 0 Å². The van der Waals surface area contributed by atoms with Crippen LogP contribution in [0.3, 0.4) is 0 Å². The molecule has 0 bridgehead atoms. The Morgan fingerprint density at radius 1 is 0.273 bits per heavy atom. The molecule has 11 rings (SSSR count). The summed E-state index contributed by atoms with van der Waals surface area (Å²) in [5.41, 5.74) is 7.59. The quantitative estimate of drug-likeness (QED) is 0.166. The lowest BCUT2D eigenvalue weighted by molar-refractivity contribution is 1.07. The second-order valence-electron chi connectivity index (χ2n) is 14.0. The van der Waals surface area contributed by atoms with Crippen molar-refractivity contribution >= 4 is 63.8 Å². The van der Waals surface area contributed by atoms with Crippen molar-refractivity contribution in [3.05, 3.63) is 188 Å². The molecule has 2 aromatic heterocycles. The minimum Gasteiger partial charge on any atom is -0.208 e. The second kappa shape index (κ2) is 12.8. The number of thiophene rings is 1. The van der Waals surface area contributed by atoms with Gasteiger partial charge in [0.15, 0.2) is 17.5 Å². The number of benzene rings is 9. The second-order valence-corrected chi connectivity index (χ2v) is 15.0. The van der Waals surface area contributed by atoms with Gasteiger partial charge in [0.2, 0.25) is 0 Å². The zero-order chi connectivity index (χ0) is 36.3. The maximum atomic E-state index is 5.01. The van der Waals surface area contributed by atoms with Gasteiger partial charge in [-0.3, -0.25) is 0 Å². The predicted octanol–water partition coefficient (Wildman–Crippen LogP) is 14.0. The van der Waals surface area contributed by atoms with E-state index in [0.29, 0.717) is 17.5 Å². The summed E-state index contributed by atoms with van der Waals surface area (Å²) in [5, 5.41) is 10.2. The van der Waals surface area contributed by atoms with Crippen LogP contribution in [0.4, 0.5) is 0 Å². The van der Waals surface area contributed by atoms with Crippen LogP contribution in [-0.2, 0) is 0 Å². The third-order valence-electron chi connectivity index (χ3n) is 10.7. The number of rotatable bonds is 5. The molecule has 9 aromatic carbocycles. The van der Waals surface area contributed by atoms with E-state index in [1.54, 1.807) is 0 Å². The molecule has 0 unspecified atom stereocenters. The van der Waals surface area contributed by atoms with E-state index in [0.717, 1.165) is 27.8 Å². The van der Waals surface area contributed by atoms with Crippen LogP contribution in [0.1, 0.15) is 0 Å². The molecule has 0 saturated heterocycles. The van der Waals surface area contributed by atoms with Crippen molar-refractivity contribution in [2.24, 2.45) is 0 Å². The van der Waals surface area contributed by atoms with E-state index < -0.39 is 0 Å². The highest BCUT2D eigenvalue weighted by Crippen LogP contribution is 2.43. The van der Waals surface area contributed by atoms with Crippen LogP contribution in [0.5, 0.6) is 0 Å². The summed E-state index contributed by atoms with van der Waals surface area (Å²) in [7, 11) is 0. The fraction of sp³-hybridized carbons (Fsp3) is 0. The van der Waals surface area contributed by atoms with E-state index in [4.69, 9.17) is 15.0 Å². The average molecular weight is 718 g/mol. The van der Waals surface area contributed by atoms with Crippen LogP contribution in [-0.4, -0.2) is 15.0 Å². The van der Waals surface area contributed by atoms with Gasteiger partial charge < -0.3 is 0 Å². The predicted molar refractivity (Wildman–Crippen MR) is 232 cm³/mol. The molecule has 3 nitrogen and oxygen atoms in total. The van der Waals surface area contributed by atoms with Crippen LogP contribution >= 0.6 is 11.3 Å². The maximum Gasteiger partial charge on any atom is 0.164 e. The van der Waals surface area contributed by atoms with Gasteiger partial charge in [-0.2, -0.15) is 0 Å². The van der Waals surface area contributed by atoms with Crippen LogP contribution < -0.4 is 0 Å². The topological polar surface area (TPSA) is 38.7 Å². The highest BCUT2D eigenvalue weighted by molar-refractivity contribution is 7.25. The van der Waals surface area contributed by atoms with E-state index in [-0.39, 0.29) is 0 Å². The lowest BCUT2D eigenvalue weighted by Crippen LogP contribution is -2.00. The summed E-state index contributed by atoms with van der Waals surface area (Å²) in [4.78, 5) is 14.9. The van der Waals surface area contributed by atoms with Crippen LogP contribution in [0.15, 0.2) is 188 Å². The Bertz CT molecular complexity index is 3200. The summed E-state index contributed by atoms with van der Waals surface area (Å²) < 4.78 is 2.64. The zero-order valence-electron chi connectivity index (χ0n) is 29.6. The first kappa shape index (κ1) is 31.5. The molecule has 0 atom stereocenters. The van der Waals surface area contributed by atoms with Gasteiger partial charge in [0.25, 0.3) is 0 Å². The van der Waals surface area contributed by atoms with Gasteiger partial charge >= 0.3 is 0 Å². The Balaban J connectivity index is 1.08. The Kier molecular flexibility index (Phi) is 7.35. The lowest BCUT2D eigenvalue weighted by atomic mass is 9.88. The molecule has 0 spiro atoms. The van der Waals surface area contributed by atoms with E-state index in [1.165, 1.54) is 63.6 Å². The number of aromatic nitrogens is 3. The molecule has 256 valence electrons. The highest BCUT2D eigenvalue weighted by Gasteiger charge is 2.17. The molecule has 0 amide bonds. The van der Waals surface area contributed by atoms with Gasteiger partial charge in [0.05, 0.1) is 0 Å². The number of hydrogen-bond acceptors (Lipinski definition) is 4. The van der Waals surface area contributed by atoms with Crippen LogP contribution in [0, 0.1) is 0 Å². The Morgan fingerprint density at radius 2 is 0.764 bits per heavy atom. The Morgan fingerprint density at radius 3 is 1.51 bits per heavy atom. The molecule has 55 heavy (non-hydrogen) atoms. The van der Waals surface area contributed by atoms with Crippen molar-refractivity contribution in [1.82, 2.24) is 15.0 Å². The third kappa shape index (κ3) is 5.38. The smallest absolute Gasteiger partial charge is 0.164 e. The van der Waals surface area contributed by atoms with Gasteiger partial charge in [-0.15, -0.1) is 11.3 Å². The summed E-state index contributed by atoms with van der Waals surface area (Å²) in [6.07, 6.45) is 0. The molecular weight excluding hydrogens is 687 g/mol. The average Bonchev–Trinajstić information content (AvgIpc) is 3.64. The molecule has 0 radical (unpaired) electrons. The molecule has 2 heterocycles. The summed E-state index contributed by atoms with van der Waals surface area (Å²) in [5.74, 6) is 1.95. The van der Waals surface area contributed by atoms with Crippen molar-refractivity contribution in [3.8, 4) is 56.4 Å². The lowest BCUT2D eigenvalue weighted by Gasteiger charge is -2.16. The fourth-order valence-electron chi connectivity index (χ4n) is 8.09. The number of nitrogens with zero attached hydrogens (tertiary/aromatic N) is 3. The fourth-order valence-corrected chi connectivity index (χ4v) is 9.24. The maximum absolute atomic E-state index is 5.01. The van der Waals surface area contributed by atoms with Gasteiger partial charge in [0.1, 0.15) is 0 Å². The molecule has 4 heteroatoms. The van der Waals surface area contributed by atoms with Crippen molar-refractivity contribution in [2.75, 3.05) is 0 Å². The molecule has 0 N–H and O–H groups in total. The Labute approximate surface area is 321 Å². The van der Waals surface area contributed by atoms with Gasteiger partial charge in [-0.05, 0) is 78.8 Å². The molecule has 0 aliphatic carbocycles. The van der Waals surface area contributed by atoms with Crippen molar-refractivity contribution in [2.45, 2.75) is 0 Å². The first-order valence-electron chi connectivity index (χ1n) is 18.5. The molecule has 0 fully saturated rings. The number of hydrogen-bond donors (Lipinski definition) is 0. The SMILES string of the molecule is c1ccc(-c2nc(-c3ccccc3)nc(-c3cccc(-c4ccc5c(c4)c4ccccc4c4cccc(-c6ccc7c(c6)sc6ccccc67)c45)c3)n2)cc1. The monoisotopic (exact) mass is 717 g/mol. The van der Waals surface area contributed by atoms with E-state index in [9.17, 15) is 0 Å². The van der Waals surface area contributed by atoms with Crippen molar-refractivity contribution < 1.29 is 0 Å². The summed E-state index contributed by atoms with van der Waals surface area (Å²) >= 11 is 1.87. The molecule has 0 aliphatic heterocycles. The first-order valence-corrected chi connectivity index (χ1v) is 19.3. The third-order valence-corrected chi connectivity index (χ3v) is 11.8. The molecular formula is C51H31N3S. The van der Waals surface area contributed by atoms with E-state index in [1.807, 2.05) is 72.0 Å². The molecule has 0 saturated carbocycles. The van der Waals surface area contributed by atoms with Crippen LogP contribution in [0.25, 0.3) is 109 Å². The normalized spacial score (nSPS) is 11.6. The van der Waals surface area contributed by atoms with Gasteiger partial charge in [-0.1, -0.05) is 164 Å². The first-order chi connectivity index (χ1) is 27.2. The van der Waals surface area contributed by atoms with Crippen molar-refractivity contribution in [3.63, 3.8) is 0 Å². The summed E-state index contributed by atoms with van der Waals surface area (Å²) in [6.45, 7) is 0. The zero-order valence-corrected chi connectivity index (χ0v) is 30.5. The molecule has 11 aromatic rings. The molecule has 0 aliphatic rings. The van der Waals surface area contributed by atoms with Gasteiger partial charge in [0, 0.05) is 36.9 Å². The Hall–Kier alpha value is -7.01. The summed E-state index contributed by atoms with van der Waals surface area (Å²) in [6, 6.07) is 67.0. The standard InChI is InChI=1S/C51H31N3S/c1-3-13-32(14-4-1)49-52-50(33-15-5-2-6-16-33)54-51(53-49)37-18-11-17-34(29-37)35-25-28-44-45(30-35)40-20-8-7-19-39(40)43-23-12-22-38(48(43)44)36-26-27-42-41-21-9-10-24-46(41)55-47(42)31-36/h1-31H. The van der Waals surface area contributed by atoms with E-state index >= 15 is 0 Å². The minimum atomic E-state index is 0.645. The highest BCUT2D eigenvalue weighted by atomic mass is 32.1. The number of fused-ring (bicyclic) bond motifs is 9. The van der Waals surface area contributed by atoms with E-state index in [2.05, 4.69) is 127 Å². The van der Waals surface area contributed by atoms with Gasteiger partial charge in [-0.25, -0.2) is 15.0 Å². The minimum absolute atomic E-state index is 0.645. The van der Waals surface area contributed by atoms with Crippen molar-refractivity contribution in [1.29, 1.82) is 0 Å².